The highest BCUT2D eigenvalue weighted by Gasteiger charge is 2.20. The van der Waals surface area contributed by atoms with E-state index in [1.807, 2.05) is 66.4 Å². The quantitative estimate of drug-likeness (QED) is 0.218. The molecule has 0 atom stereocenters. The van der Waals surface area contributed by atoms with Crippen LogP contribution in [0.2, 0.25) is 0 Å². The Hall–Kier alpha value is -4.58. The van der Waals surface area contributed by atoms with Crippen molar-refractivity contribution in [3.8, 4) is 22.6 Å². The maximum atomic E-state index is 13.8. The largest absolute Gasteiger partial charge is 0.496 e. The number of methoxy groups -OCH3 is 2. The number of benzene rings is 4. The summed E-state index contributed by atoms with van der Waals surface area (Å²) in [6, 6.07) is 28.7. The van der Waals surface area contributed by atoms with Gasteiger partial charge in [-0.3, -0.25) is 4.79 Å². The van der Waals surface area contributed by atoms with E-state index in [4.69, 9.17) is 9.47 Å². The lowest BCUT2D eigenvalue weighted by molar-refractivity contribution is 0.0696. The zero-order chi connectivity index (χ0) is 28.5. The molecule has 0 aromatic heterocycles. The molecule has 1 N–H and O–H groups in total. The number of aromatic carboxylic acids is 1. The van der Waals surface area contributed by atoms with Gasteiger partial charge in [-0.05, 0) is 66.6 Å². The van der Waals surface area contributed by atoms with Crippen LogP contribution < -0.4 is 9.47 Å². The van der Waals surface area contributed by atoms with E-state index >= 15 is 0 Å². The molecule has 40 heavy (non-hydrogen) atoms. The molecule has 6 nitrogen and oxygen atoms in total. The number of hydrogen-bond donors (Lipinski definition) is 1. The average Bonchev–Trinajstić information content (AvgIpc) is 2.99. The third-order valence-corrected chi connectivity index (χ3v) is 7.12. The van der Waals surface area contributed by atoms with Crippen LogP contribution in [0.3, 0.4) is 0 Å². The third-order valence-electron chi connectivity index (χ3n) is 7.12. The van der Waals surface area contributed by atoms with Crippen LogP contribution in [0.1, 0.15) is 43.8 Å². The first-order valence-corrected chi connectivity index (χ1v) is 13.4. The minimum Gasteiger partial charge on any atom is -0.496 e. The highest BCUT2D eigenvalue weighted by molar-refractivity contribution is 5.96. The Morgan fingerprint density at radius 1 is 0.750 bits per heavy atom. The summed E-state index contributed by atoms with van der Waals surface area (Å²) in [5, 5.41) is 9.54. The number of carboxylic acid groups (broad SMARTS) is 1. The van der Waals surface area contributed by atoms with E-state index in [-0.39, 0.29) is 11.5 Å². The Balaban J connectivity index is 1.52. The predicted molar refractivity (Wildman–Crippen MR) is 157 cm³/mol. The van der Waals surface area contributed by atoms with Gasteiger partial charge < -0.3 is 19.5 Å². The molecule has 0 unspecified atom stereocenters. The fourth-order valence-electron chi connectivity index (χ4n) is 4.86. The summed E-state index contributed by atoms with van der Waals surface area (Å²) < 4.78 is 11.0. The lowest BCUT2D eigenvalue weighted by Gasteiger charge is -2.24. The Morgan fingerprint density at radius 2 is 1.35 bits per heavy atom. The number of amides is 1. The lowest BCUT2D eigenvalue weighted by atomic mass is 9.98. The summed E-state index contributed by atoms with van der Waals surface area (Å²) in [7, 11) is 3.18. The normalized spacial score (nSPS) is 10.7. The first kappa shape index (κ1) is 28.4. The fourth-order valence-corrected chi connectivity index (χ4v) is 4.86. The highest BCUT2D eigenvalue weighted by Crippen LogP contribution is 2.30. The van der Waals surface area contributed by atoms with E-state index < -0.39 is 5.97 Å². The first-order chi connectivity index (χ1) is 19.4. The highest BCUT2D eigenvalue weighted by atomic mass is 16.5. The second kappa shape index (κ2) is 13.5. The van der Waals surface area contributed by atoms with Gasteiger partial charge in [0.1, 0.15) is 11.5 Å². The van der Waals surface area contributed by atoms with Crippen LogP contribution in [0.5, 0.6) is 11.5 Å². The summed E-state index contributed by atoms with van der Waals surface area (Å²) in [5.74, 6) is 0.207. The number of aryl methyl sites for hydroxylation is 1. The molecule has 1 amide bonds. The third kappa shape index (κ3) is 6.89. The number of nitrogens with zero attached hydrogens (tertiary/aromatic N) is 1. The van der Waals surface area contributed by atoms with E-state index in [0.29, 0.717) is 42.1 Å². The van der Waals surface area contributed by atoms with Gasteiger partial charge in [0, 0.05) is 24.2 Å². The van der Waals surface area contributed by atoms with Gasteiger partial charge in [0.15, 0.2) is 0 Å². The van der Waals surface area contributed by atoms with E-state index in [2.05, 4.69) is 12.1 Å². The molecule has 0 aliphatic carbocycles. The number of carbonyl (C=O) groups excluding carboxylic acids is 1. The minimum absolute atomic E-state index is 0.0725. The van der Waals surface area contributed by atoms with Crippen molar-refractivity contribution in [2.24, 2.45) is 0 Å². The lowest BCUT2D eigenvalue weighted by Crippen LogP contribution is -2.34. The molecule has 0 aliphatic rings. The molecule has 0 fully saturated rings. The Morgan fingerprint density at radius 3 is 1.98 bits per heavy atom. The Bertz CT molecular complexity index is 1420. The van der Waals surface area contributed by atoms with E-state index in [0.717, 1.165) is 29.5 Å². The van der Waals surface area contributed by atoms with Crippen LogP contribution >= 0.6 is 0 Å². The van der Waals surface area contributed by atoms with Gasteiger partial charge in [0.25, 0.3) is 5.91 Å². The van der Waals surface area contributed by atoms with Crippen LogP contribution in [0, 0.1) is 6.92 Å². The number of carbonyl (C=O) groups is 2. The van der Waals surface area contributed by atoms with E-state index in [1.165, 1.54) is 5.56 Å². The molecule has 0 aliphatic heterocycles. The van der Waals surface area contributed by atoms with Crippen molar-refractivity contribution in [2.45, 2.75) is 26.2 Å². The van der Waals surface area contributed by atoms with Gasteiger partial charge in [-0.15, -0.1) is 0 Å². The minimum atomic E-state index is -0.950. The Labute approximate surface area is 235 Å². The first-order valence-electron chi connectivity index (χ1n) is 13.4. The van der Waals surface area contributed by atoms with Crippen molar-refractivity contribution in [1.82, 2.24) is 4.90 Å². The standard InChI is InChI=1S/C34H35NO5/c1-24-31(39-2)22-28(23-32(24)40-3)33(36)35(20-9-12-25-10-5-4-6-11-25)21-19-26-15-17-27(18-16-26)29-13-7-8-14-30(29)34(37)38/h4-8,10-11,13-18,22-23H,9,12,19-21H2,1-3H3,(H,37,38). The molecule has 0 saturated carbocycles. The second-order valence-corrected chi connectivity index (χ2v) is 9.68. The van der Waals surface area contributed by atoms with Gasteiger partial charge in [0.05, 0.1) is 19.8 Å². The summed E-state index contributed by atoms with van der Waals surface area (Å²) in [6.07, 6.45) is 2.38. The fraction of sp³-hybridized carbons (Fsp3) is 0.235. The molecule has 0 bridgehead atoms. The monoisotopic (exact) mass is 537 g/mol. The van der Waals surface area contributed by atoms with Crippen molar-refractivity contribution in [3.63, 3.8) is 0 Å². The number of rotatable bonds is 12. The smallest absolute Gasteiger partial charge is 0.336 e. The van der Waals surface area contributed by atoms with Crippen molar-refractivity contribution in [3.05, 3.63) is 119 Å². The van der Waals surface area contributed by atoms with Crippen LogP contribution in [0.4, 0.5) is 0 Å². The maximum Gasteiger partial charge on any atom is 0.336 e. The molecule has 206 valence electrons. The molecule has 0 spiro atoms. The van der Waals surface area contributed by atoms with Crippen LogP contribution in [-0.4, -0.2) is 49.2 Å². The van der Waals surface area contributed by atoms with Crippen molar-refractivity contribution in [1.29, 1.82) is 0 Å². The van der Waals surface area contributed by atoms with Crippen molar-refractivity contribution in [2.75, 3.05) is 27.3 Å². The van der Waals surface area contributed by atoms with Gasteiger partial charge in [-0.25, -0.2) is 4.79 Å². The molecule has 4 aromatic carbocycles. The summed E-state index contributed by atoms with van der Waals surface area (Å²) >= 11 is 0. The molecule has 0 radical (unpaired) electrons. The predicted octanol–water partition coefficient (Wildman–Crippen LogP) is 6.70. The zero-order valence-electron chi connectivity index (χ0n) is 23.2. The summed E-state index contributed by atoms with van der Waals surface area (Å²) in [4.78, 5) is 27.3. The SMILES string of the molecule is COc1cc(C(=O)N(CCCc2ccccc2)CCc2ccc(-c3ccccc3C(=O)O)cc2)cc(OC)c1C. The number of ether oxygens (including phenoxy) is 2. The molecule has 6 heteroatoms. The van der Waals surface area contributed by atoms with Crippen LogP contribution in [-0.2, 0) is 12.8 Å². The van der Waals surface area contributed by atoms with Gasteiger partial charge in [0.2, 0.25) is 0 Å². The van der Waals surface area contributed by atoms with Gasteiger partial charge in [-0.1, -0.05) is 72.8 Å². The van der Waals surface area contributed by atoms with Crippen LogP contribution in [0.25, 0.3) is 11.1 Å². The summed E-state index contributed by atoms with van der Waals surface area (Å²) in [6.45, 7) is 3.05. The second-order valence-electron chi connectivity index (χ2n) is 9.68. The molecule has 0 saturated heterocycles. The number of hydrogen-bond acceptors (Lipinski definition) is 4. The van der Waals surface area contributed by atoms with E-state index in [9.17, 15) is 14.7 Å². The van der Waals surface area contributed by atoms with Gasteiger partial charge in [-0.2, -0.15) is 0 Å². The van der Waals surface area contributed by atoms with E-state index in [1.54, 1.807) is 38.5 Å². The maximum absolute atomic E-state index is 13.8. The molecular formula is C34H35NO5. The zero-order valence-corrected chi connectivity index (χ0v) is 23.2. The summed E-state index contributed by atoms with van der Waals surface area (Å²) in [5.41, 5.74) is 5.48. The molecular weight excluding hydrogens is 502 g/mol. The number of carboxylic acids is 1. The Kier molecular flexibility index (Phi) is 9.57. The van der Waals surface area contributed by atoms with Crippen LogP contribution in [0.15, 0.2) is 91.0 Å². The van der Waals surface area contributed by atoms with Crippen molar-refractivity contribution >= 4 is 11.9 Å². The average molecular weight is 538 g/mol. The molecule has 4 aromatic rings. The molecule has 0 heterocycles. The van der Waals surface area contributed by atoms with Crippen molar-refractivity contribution < 1.29 is 24.2 Å². The topological polar surface area (TPSA) is 76.1 Å². The van der Waals surface area contributed by atoms with Gasteiger partial charge >= 0.3 is 5.97 Å². The molecule has 4 rings (SSSR count).